The second kappa shape index (κ2) is 8.97. The van der Waals surface area contributed by atoms with Gasteiger partial charge < -0.3 is 10.1 Å². The molecule has 4 nitrogen and oxygen atoms in total. The maximum absolute atomic E-state index is 12.7. The molecule has 0 atom stereocenters. The van der Waals surface area contributed by atoms with E-state index >= 15 is 0 Å². The minimum absolute atomic E-state index is 0.194. The van der Waals surface area contributed by atoms with E-state index in [2.05, 4.69) is 29.3 Å². The molecule has 1 fully saturated rings. The van der Waals surface area contributed by atoms with E-state index in [0.717, 1.165) is 31.2 Å². The van der Waals surface area contributed by atoms with Crippen molar-refractivity contribution < 1.29 is 9.53 Å². The molecule has 0 aromatic heterocycles. The first kappa shape index (κ1) is 20.7. The number of likely N-dealkylation sites (tertiary alicyclic amines) is 1. The fourth-order valence-corrected chi connectivity index (χ4v) is 3.42. The number of hydrogen-bond donors (Lipinski definition) is 1. The standard InChI is InChI=1S/C23H29ClN2O2/c1-17-12-14-26(15-13-17)16-18-4-8-20(9-5-18)25-22(27)23(2,3)28-21-10-6-19(24)7-11-21/h4-11,17H,12-16H2,1-3H3,(H,25,27). The average Bonchev–Trinajstić information content (AvgIpc) is 2.67. The summed E-state index contributed by atoms with van der Waals surface area (Å²) in [4.78, 5) is 15.2. The molecule has 1 N–H and O–H groups in total. The fourth-order valence-electron chi connectivity index (χ4n) is 3.30. The van der Waals surface area contributed by atoms with Crippen molar-refractivity contribution >= 4 is 23.2 Å². The van der Waals surface area contributed by atoms with Gasteiger partial charge in [0, 0.05) is 17.3 Å². The number of halogens is 1. The number of rotatable bonds is 6. The highest BCUT2D eigenvalue weighted by molar-refractivity contribution is 6.30. The zero-order valence-electron chi connectivity index (χ0n) is 16.9. The van der Waals surface area contributed by atoms with Gasteiger partial charge in [0.1, 0.15) is 5.75 Å². The van der Waals surface area contributed by atoms with Crippen molar-refractivity contribution in [1.29, 1.82) is 0 Å². The Labute approximate surface area is 172 Å². The summed E-state index contributed by atoms with van der Waals surface area (Å²) >= 11 is 5.90. The molecule has 0 spiro atoms. The van der Waals surface area contributed by atoms with Crippen LogP contribution in [-0.4, -0.2) is 29.5 Å². The monoisotopic (exact) mass is 400 g/mol. The Bertz CT molecular complexity index is 779. The maximum Gasteiger partial charge on any atom is 0.267 e. The molecule has 0 bridgehead atoms. The molecule has 1 aliphatic heterocycles. The SMILES string of the molecule is CC1CCN(Cc2ccc(NC(=O)C(C)(C)Oc3ccc(Cl)cc3)cc2)CC1. The second-order valence-electron chi connectivity index (χ2n) is 8.18. The van der Waals surface area contributed by atoms with Crippen LogP contribution < -0.4 is 10.1 Å². The molecule has 150 valence electrons. The van der Waals surface area contributed by atoms with Gasteiger partial charge in [0.15, 0.2) is 5.60 Å². The summed E-state index contributed by atoms with van der Waals surface area (Å²) in [6, 6.07) is 15.1. The Morgan fingerprint density at radius 3 is 2.32 bits per heavy atom. The fraction of sp³-hybridized carbons (Fsp3) is 0.435. The van der Waals surface area contributed by atoms with E-state index in [0.29, 0.717) is 10.8 Å². The van der Waals surface area contributed by atoms with Crippen LogP contribution in [0.3, 0.4) is 0 Å². The number of amides is 1. The van der Waals surface area contributed by atoms with Crippen LogP contribution in [0.2, 0.25) is 5.02 Å². The van der Waals surface area contributed by atoms with Gasteiger partial charge in [-0.2, -0.15) is 0 Å². The van der Waals surface area contributed by atoms with Gasteiger partial charge in [0.05, 0.1) is 0 Å². The van der Waals surface area contributed by atoms with Crippen LogP contribution in [0.25, 0.3) is 0 Å². The molecular formula is C23H29ClN2O2. The molecule has 0 aliphatic carbocycles. The summed E-state index contributed by atoms with van der Waals surface area (Å²) in [5.41, 5.74) is 1.04. The van der Waals surface area contributed by atoms with Crippen molar-refractivity contribution in [3.8, 4) is 5.75 Å². The van der Waals surface area contributed by atoms with Crippen LogP contribution in [-0.2, 0) is 11.3 Å². The van der Waals surface area contributed by atoms with Gasteiger partial charge in [-0.25, -0.2) is 0 Å². The Hall–Kier alpha value is -2.04. The third kappa shape index (κ3) is 5.73. The Morgan fingerprint density at radius 1 is 1.11 bits per heavy atom. The highest BCUT2D eigenvalue weighted by Crippen LogP contribution is 2.23. The lowest BCUT2D eigenvalue weighted by molar-refractivity contribution is -0.128. The minimum atomic E-state index is -1.00. The Kier molecular flexibility index (Phi) is 6.63. The molecule has 2 aromatic rings. The molecule has 1 aliphatic rings. The van der Waals surface area contributed by atoms with E-state index < -0.39 is 5.60 Å². The summed E-state index contributed by atoms with van der Waals surface area (Å²) in [6.07, 6.45) is 2.55. The molecule has 0 radical (unpaired) electrons. The number of piperidine rings is 1. The van der Waals surface area contributed by atoms with Crippen LogP contribution in [0, 0.1) is 5.92 Å². The van der Waals surface area contributed by atoms with Gasteiger partial charge in [-0.15, -0.1) is 0 Å². The van der Waals surface area contributed by atoms with Gasteiger partial charge in [-0.1, -0.05) is 30.7 Å². The number of benzene rings is 2. The van der Waals surface area contributed by atoms with Crippen molar-refractivity contribution in [3.05, 3.63) is 59.1 Å². The molecule has 1 heterocycles. The van der Waals surface area contributed by atoms with Gasteiger partial charge in [-0.3, -0.25) is 9.69 Å². The van der Waals surface area contributed by atoms with Crippen LogP contribution in [0.4, 0.5) is 5.69 Å². The quantitative estimate of drug-likeness (QED) is 0.708. The number of nitrogens with one attached hydrogen (secondary N) is 1. The summed E-state index contributed by atoms with van der Waals surface area (Å²) in [5, 5.41) is 3.58. The lowest BCUT2D eigenvalue weighted by Gasteiger charge is -2.30. The predicted molar refractivity (Wildman–Crippen MR) is 115 cm³/mol. The number of carbonyl (C=O) groups is 1. The number of nitrogens with zero attached hydrogens (tertiary/aromatic N) is 1. The lowest BCUT2D eigenvalue weighted by Crippen LogP contribution is -2.42. The highest BCUT2D eigenvalue weighted by atomic mass is 35.5. The lowest BCUT2D eigenvalue weighted by atomic mass is 9.99. The zero-order valence-corrected chi connectivity index (χ0v) is 17.6. The minimum Gasteiger partial charge on any atom is -0.478 e. The molecule has 0 unspecified atom stereocenters. The van der Waals surface area contributed by atoms with Crippen molar-refractivity contribution in [3.63, 3.8) is 0 Å². The Morgan fingerprint density at radius 2 is 1.71 bits per heavy atom. The summed E-state index contributed by atoms with van der Waals surface area (Å²) in [5.74, 6) is 1.25. The first-order valence-electron chi connectivity index (χ1n) is 9.89. The van der Waals surface area contributed by atoms with E-state index in [-0.39, 0.29) is 5.91 Å². The van der Waals surface area contributed by atoms with Crippen LogP contribution in [0.5, 0.6) is 5.75 Å². The second-order valence-corrected chi connectivity index (χ2v) is 8.61. The van der Waals surface area contributed by atoms with E-state index in [1.165, 1.54) is 18.4 Å². The number of carbonyl (C=O) groups excluding carboxylic acids is 1. The normalized spacial score (nSPS) is 16.0. The van der Waals surface area contributed by atoms with Crippen molar-refractivity contribution in [1.82, 2.24) is 4.90 Å². The highest BCUT2D eigenvalue weighted by Gasteiger charge is 2.30. The largest absolute Gasteiger partial charge is 0.478 e. The topological polar surface area (TPSA) is 41.6 Å². The van der Waals surface area contributed by atoms with Gasteiger partial charge in [0.2, 0.25) is 0 Å². The number of anilines is 1. The first-order chi connectivity index (χ1) is 13.3. The molecule has 3 rings (SSSR count). The molecule has 2 aromatic carbocycles. The predicted octanol–water partition coefficient (Wildman–Crippen LogP) is 5.37. The third-order valence-electron chi connectivity index (χ3n) is 5.23. The van der Waals surface area contributed by atoms with Gasteiger partial charge in [-0.05, 0) is 87.7 Å². The van der Waals surface area contributed by atoms with Crippen LogP contribution in [0.1, 0.15) is 39.2 Å². The molecular weight excluding hydrogens is 372 g/mol. The van der Waals surface area contributed by atoms with E-state index in [4.69, 9.17) is 16.3 Å². The molecule has 28 heavy (non-hydrogen) atoms. The third-order valence-corrected chi connectivity index (χ3v) is 5.48. The molecule has 1 amide bonds. The first-order valence-corrected chi connectivity index (χ1v) is 10.3. The number of ether oxygens (including phenoxy) is 1. The summed E-state index contributed by atoms with van der Waals surface area (Å²) in [7, 11) is 0. The van der Waals surface area contributed by atoms with Crippen LogP contribution >= 0.6 is 11.6 Å². The smallest absolute Gasteiger partial charge is 0.267 e. The van der Waals surface area contributed by atoms with E-state index in [9.17, 15) is 4.79 Å². The Balaban J connectivity index is 1.55. The average molecular weight is 401 g/mol. The van der Waals surface area contributed by atoms with Gasteiger partial charge >= 0.3 is 0 Å². The molecule has 1 saturated heterocycles. The van der Waals surface area contributed by atoms with E-state index in [1.54, 1.807) is 38.1 Å². The van der Waals surface area contributed by atoms with E-state index in [1.807, 2.05) is 12.1 Å². The van der Waals surface area contributed by atoms with Crippen molar-refractivity contribution in [2.24, 2.45) is 5.92 Å². The maximum atomic E-state index is 12.7. The molecule has 5 heteroatoms. The van der Waals surface area contributed by atoms with Crippen LogP contribution in [0.15, 0.2) is 48.5 Å². The van der Waals surface area contributed by atoms with Gasteiger partial charge in [0.25, 0.3) is 5.91 Å². The summed E-state index contributed by atoms with van der Waals surface area (Å²) in [6.45, 7) is 9.12. The van der Waals surface area contributed by atoms with Crippen molar-refractivity contribution in [2.75, 3.05) is 18.4 Å². The molecule has 0 saturated carbocycles. The number of hydrogen-bond acceptors (Lipinski definition) is 3. The summed E-state index contributed by atoms with van der Waals surface area (Å²) < 4.78 is 5.85. The van der Waals surface area contributed by atoms with Crippen molar-refractivity contribution in [2.45, 2.75) is 45.8 Å². The zero-order chi connectivity index (χ0) is 20.1.